The predicted molar refractivity (Wildman–Crippen MR) is 69.7 cm³/mol. The molecule has 92 valence electrons. The molecule has 0 radical (unpaired) electrons. The van der Waals surface area contributed by atoms with Gasteiger partial charge in [0.15, 0.2) is 0 Å². The maximum Gasteiger partial charge on any atom is 0.0683 e. The lowest BCUT2D eigenvalue weighted by molar-refractivity contribution is 0.122. The highest BCUT2D eigenvalue weighted by molar-refractivity contribution is 5.56. The molecule has 0 bridgehead atoms. The molecular weight excluding hydrogens is 214 g/mol. The molecule has 2 fully saturated rings. The zero-order valence-corrected chi connectivity index (χ0v) is 10.1. The Morgan fingerprint density at radius 1 is 0.882 bits per heavy atom. The van der Waals surface area contributed by atoms with Crippen LogP contribution in [-0.4, -0.2) is 46.1 Å². The number of benzene rings is 1. The number of anilines is 2. The quantitative estimate of drug-likeness (QED) is 0.821. The van der Waals surface area contributed by atoms with E-state index in [1.807, 2.05) is 0 Å². The number of rotatable bonds is 2. The first-order chi connectivity index (χ1) is 8.43. The molecule has 1 aromatic carbocycles. The van der Waals surface area contributed by atoms with Gasteiger partial charge in [-0.15, -0.1) is 0 Å². The summed E-state index contributed by atoms with van der Waals surface area (Å²) in [5.41, 5.74) is 2.62. The molecular formula is C13H19N3O. The average molecular weight is 233 g/mol. The zero-order chi connectivity index (χ0) is 11.5. The summed E-state index contributed by atoms with van der Waals surface area (Å²) in [6.45, 7) is 6.86. The van der Waals surface area contributed by atoms with Crippen LogP contribution >= 0.6 is 0 Å². The summed E-state index contributed by atoms with van der Waals surface area (Å²) in [7, 11) is 0. The molecule has 1 N–H and O–H groups in total. The van der Waals surface area contributed by atoms with Crippen molar-refractivity contribution in [3.05, 3.63) is 24.3 Å². The van der Waals surface area contributed by atoms with E-state index in [2.05, 4.69) is 39.4 Å². The first kappa shape index (κ1) is 10.9. The first-order valence-electron chi connectivity index (χ1n) is 6.32. The molecule has 0 aliphatic carbocycles. The Kier molecular flexibility index (Phi) is 3.16. The van der Waals surface area contributed by atoms with Crippen LogP contribution in [0, 0.1) is 0 Å². The van der Waals surface area contributed by atoms with Crippen LogP contribution in [0.25, 0.3) is 0 Å². The van der Waals surface area contributed by atoms with E-state index < -0.39 is 0 Å². The Bertz CT molecular complexity index is 353. The second-order valence-corrected chi connectivity index (χ2v) is 4.54. The van der Waals surface area contributed by atoms with Gasteiger partial charge in [-0.1, -0.05) is 0 Å². The van der Waals surface area contributed by atoms with E-state index in [9.17, 15) is 0 Å². The van der Waals surface area contributed by atoms with Gasteiger partial charge in [-0.2, -0.15) is 0 Å². The topological polar surface area (TPSA) is 27.7 Å². The average Bonchev–Trinajstić information content (AvgIpc) is 2.94. The molecule has 2 aliphatic rings. The fourth-order valence-corrected chi connectivity index (χ4v) is 2.42. The molecule has 2 saturated heterocycles. The normalized spacial score (nSPS) is 20.9. The van der Waals surface area contributed by atoms with Gasteiger partial charge in [-0.25, -0.2) is 0 Å². The Labute approximate surface area is 102 Å². The van der Waals surface area contributed by atoms with Crippen LogP contribution in [0.15, 0.2) is 24.3 Å². The highest BCUT2D eigenvalue weighted by Gasteiger charge is 2.13. The van der Waals surface area contributed by atoms with Gasteiger partial charge in [-0.05, 0) is 24.3 Å². The zero-order valence-electron chi connectivity index (χ0n) is 10.1. The molecule has 0 saturated carbocycles. The summed E-state index contributed by atoms with van der Waals surface area (Å²) in [5.74, 6) is 0. The van der Waals surface area contributed by atoms with Crippen molar-refractivity contribution in [3.8, 4) is 0 Å². The van der Waals surface area contributed by atoms with Crippen LogP contribution in [-0.2, 0) is 4.74 Å². The van der Waals surface area contributed by atoms with Gasteiger partial charge in [0.2, 0.25) is 0 Å². The van der Waals surface area contributed by atoms with Gasteiger partial charge in [-0.3, -0.25) is 5.32 Å². The van der Waals surface area contributed by atoms with Gasteiger partial charge < -0.3 is 14.5 Å². The minimum absolute atomic E-state index is 0.845. The van der Waals surface area contributed by atoms with Crippen molar-refractivity contribution in [2.75, 3.05) is 55.9 Å². The summed E-state index contributed by atoms with van der Waals surface area (Å²) < 4.78 is 5.37. The minimum Gasteiger partial charge on any atom is -0.378 e. The molecule has 4 nitrogen and oxygen atoms in total. The van der Waals surface area contributed by atoms with Crippen molar-refractivity contribution < 1.29 is 4.74 Å². The van der Waals surface area contributed by atoms with Crippen LogP contribution in [0.2, 0.25) is 0 Å². The molecule has 3 rings (SSSR count). The lowest BCUT2D eigenvalue weighted by Gasteiger charge is -2.29. The van der Waals surface area contributed by atoms with E-state index in [-0.39, 0.29) is 0 Å². The van der Waals surface area contributed by atoms with E-state index in [4.69, 9.17) is 4.74 Å². The molecule has 2 aliphatic heterocycles. The van der Waals surface area contributed by atoms with E-state index in [1.54, 1.807) is 0 Å². The molecule has 0 spiro atoms. The summed E-state index contributed by atoms with van der Waals surface area (Å²) in [6, 6.07) is 8.88. The second-order valence-electron chi connectivity index (χ2n) is 4.54. The van der Waals surface area contributed by atoms with E-state index in [1.165, 1.54) is 11.4 Å². The molecule has 4 heteroatoms. The maximum absolute atomic E-state index is 5.37. The number of nitrogens with zero attached hydrogens (tertiary/aromatic N) is 2. The third-order valence-electron chi connectivity index (χ3n) is 3.45. The van der Waals surface area contributed by atoms with Crippen LogP contribution in [0.5, 0.6) is 0 Å². The Hall–Kier alpha value is -1.26. The highest BCUT2D eigenvalue weighted by Crippen LogP contribution is 2.21. The number of morpholine rings is 1. The van der Waals surface area contributed by atoms with Gasteiger partial charge in [0.05, 0.1) is 19.9 Å². The first-order valence-corrected chi connectivity index (χ1v) is 6.32. The summed E-state index contributed by atoms with van der Waals surface area (Å²) in [6.07, 6.45) is 0. The lowest BCUT2D eigenvalue weighted by Crippen LogP contribution is -2.36. The van der Waals surface area contributed by atoms with Crippen molar-refractivity contribution in [2.24, 2.45) is 0 Å². The van der Waals surface area contributed by atoms with Crippen molar-refractivity contribution in [1.82, 2.24) is 5.32 Å². The van der Waals surface area contributed by atoms with E-state index in [0.717, 1.165) is 46.1 Å². The number of hydrogen-bond donors (Lipinski definition) is 1. The van der Waals surface area contributed by atoms with E-state index in [0.29, 0.717) is 0 Å². The predicted octanol–water partition coefficient (Wildman–Crippen LogP) is 0.890. The molecule has 2 heterocycles. The number of nitrogens with one attached hydrogen (secondary N) is 1. The molecule has 0 aromatic heterocycles. The molecule has 17 heavy (non-hydrogen) atoms. The molecule has 0 amide bonds. The monoisotopic (exact) mass is 233 g/mol. The summed E-state index contributed by atoms with van der Waals surface area (Å²) >= 11 is 0. The number of hydrogen-bond acceptors (Lipinski definition) is 4. The van der Waals surface area contributed by atoms with Crippen LogP contribution in [0.3, 0.4) is 0 Å². The highest BCUT2D eigenvalue weighted by atomic mass is 16.5. The smallest absolute Gasteiger partial charge is 0.0683 e. The Morgan fingerprint density at radius 2 is 1.53 bits per heavy atom. The van der Waals surface area contributed by atoms with Crippen molar-refractivity contribution in [2.45, 2.75) is 0 Å². The third kappa shape index (κ3) is 2.37. The Balaban J connectivity index is 1.70. The van der Waals surface area contributed by atoms with Gasteiger partial charge in [0.1, 0.15) is 0 Å². The van der Waals surface area contributed by atoms with Crippen LogP contribution < -0.4 is 15.1 Å². The maximum atomic E-state index is 5.37. The fourth-order valence-electron chi connectivity index (χ4n) is 2.42. The summed E-state index contributed by atoms with van der Waals surface area (Å²) in [5, 5.41) is 3.35. The minimum atomic E-state index is 0.845. The molecule has 0 unspecified atom stereocenters. The number of ether oxygens (including phenoxy) is 1. The van der Waals surface area contributed by atoms with Crippen molar-refractivity contribution >= 4 is 11.4 Å². The van der Waals surface area contributed by atoms with Gasteiger partial charge in [0, 0.05) is 37.6 Å². The standard InChI is InChI=1S/C13H19N3O/c1-3-13(16-6-5-14-11-16)4-2-12(1)15-7-9-17-10-8-15/h1-4,14H,5-11H2. The van der Waals surface area contributed by atoms with E-state index >= 15 is 0 Å². The Morgan fingerprint density at radius 3 is 2.12 bits per heavy atom. The van der Waals surface area contributed by atoms with Gasteiger partial charge in [0.25, 0.3) is 0 Å². The third-order valence-corrected chi connectivity index (χ3v) is 3.45. The van der Waals surface area contributed by atoms with Gasteiger partial charge >= 0.3 is 0 Å². The lowest BCUT2D eigenvalue weighted by atomic mass is 10.2. The largest absolute Gasteiger partial charge is 0.378 e. The second kappa shape index (κ2) is 4.94. The van der Waals surface area contributed by atoms with Crippen LogP contribution in [0.4, 0.5) is 11.4 Å². The van der Waals surface area contributed by atoms with Crippen LogP contribution in [0.1, 0.15) is 0 Å². The van der Waals surface area contributed by atoms with Crippen molar-refractivity contribution in [3.63, 3.8) is 0 Å². The SMILES string of the molecule is c1cc(N2CCNC2)ccc1N1CCOCC1. The molecule has 1 aromatic rings. The van der Waals surface area contributed by atoms with Crippen molar-refractivity contribution in [1.29, 1.82) is 0 Å². The fraction of sp³-hybridized carbons (Fsp3) is 0.538. The molecule has 0 atom stereocenters. The summed E-state index contributed by atoms with van der Waals surface area (Å²) in [4.78, 5) is 4.75.